The summed E-state index contributed by atoms with van der Waals surface area (Å²) in [5.41, 5.74) is 6.90. The van der Waals surface area contributed by atoms with Crippen molar-refractivity contribution in [1.29, 1.82) is 0 Å². The number of carbonyl (C=O) groups excluding carboxylic acids is 1. The number of rotatable bonds is 4. The number of ether oxygens (including phenoxy) is 1. The lowest BCUT2D eigenvalue weighted by atomic mass is 10.1. The van der Waals surface area contributed by atoms with Crippen molar-refractivity contribution in [2.24, 2.45) is 5.92 Å². The molecule has 1 saturated carbocycles. The van der Waals surface area contributed by atoms with Gasteiger partial charge in [-0.3, -0.25) is 4.79 Å². The summed E-state index contributed by atoms with van der Waals surface area (Å²) in [6.45, 7) is 2.10. The van der Waals surface area contributed by atoms with Crippen molar-refractivity contribution in [3.05, 3.63) is 23.8 Å². The Labute approximate surface area is 108 Å². The molecule has 0 spiro atoms. The molecule has 0 bridgehead atoms. The van der Waals surface area contributed by atoms with Gasteiger partial charge in [-0.05, 0) is 37.8 Å². The third kappa shape index (κ3) is 2.58. The Hall–Kier alpha value is -1.71. The van der Waals surface area contributed by atoms with Crippen LogP contribution in [-0.4, -0.2) is 31.0 Å². The largest absolute Gasteiger partial charge is 0.497 e. The topological polar surface area (TPSA) is 55.6 Å². The van der Waals surface area contributed by atoms with Gasteiger partial charge >= 0.3 is 0 Å². The van der Waals surface area contributed by atoms with Gasteiger partial charge < -0.3 is 15.4 Å². The molecule has 1 aliphatic rings. The average molecular weight is 248 g/mol. The summed E-state index contributed by atoms with van der Waals surface area (Å²) < 4.78 is 5.14. The molecular formula is C14H20N2O2. The predicted molar refractivity (Wildman–Crippen MR) is 71.7 cm³/mol. The second kappa shape index (κ2) is 4.88. The molecule has 0 aromatic heterocycles. The third-order valence-electron chi connectivity index (χ3n) is 3.65. The van der Waals surface area contributed by atoms with Crippen LogP contribution in [-0.2, 0) is 0 Å². The van der Waals surface area contributed by atoms with Crippen LogP contribution in [0.15, 0.2) is 18.2 Å². The Balaban J connectivity index is 2.19. The van der Waals surface area contributed by atoms with Crippen LogP contribution in [0.1, 0.15) is 30.1 Å². The highest BCUT2D eigenvalue weighted by molar-refractivity contribution is 5.95. The lowest BCUT2D eigenvalue weighted by molar-refractivity contribution is 0.0727. The van der Waals surface area contributed by atoms with Crippen LogP contribution in [0.3, 0.4) is 0 Å². The first-order valence-electron chi connectivity index (χ1n) is 6.24. The normalized spacial score (nSPS) is 16.2. The van der Waals surface area contributed by atoms with Gasteiger partial charge in [0.25, 0.3) is 5.91 Å². The van der Waals surface area contributed by atoms with E-state index >= 15 is 0 Å². The fourth-order valence-corrected chi connectivity index (χ4v) is 2.15. The second-order valence-electron chi connectivity index (χ2n) is 4.99. The Morgan fingerprint density at radius 3 is 2.67 bits per heavy atom. The zero-order chi connectivity index (χ0) is 13.3. The second-order valence-corrected chi connectivity index (χ2v) is 4.99. The van der Waals surface area contributed by atoms with Crippen LogP contribution in [0.2, 0.25) is 0 Å². The molecule has 4 nitrogen and oxygen atoms in total. The average Bonchev–Trinajstić information content (AvgIpc) is 3.19. The van der Waals surface area contributed by atoms with Crippen LogP contribution < -0.4 is 10.5 Å². The maximum atomic E-state index is 12.4. The van der Waals surface area contributed by atoms with E-state index in [1.165, 1.54) is 12.8 Å². The summed E-state index contributed by atoms with van der Waals surface area (Å²) in [7, 11) is 3.42. The van der Waals surface area contributed by atoms with E-state index in [9.17, 15) is 4.79 Å². The van der Waals surface area contributed by atoms with Gasteiger partial charge in [-0.15, -0.1) is 0 Å². The van der Waals surface area contributed by atoms with Gasteiger partial charge in [-0.2, -0.15) is 0 Å². The highest BCUT2D eigenvalue weighted by atomic mass is 16.5. The molecule has 0 radical (unpaired) electrons. The van der Waals surface area contributed by atoms with Gasteiger partial charge in [-0.1, -0.05) is 0 Å². The molecule has 0 saturated heterocycles. The molecule has 1 atom stereocenters. The van der Waals surface area contributed by atoms with E-state index in [-0.39, 0.29) is 11.9 Å². The summed E-state index contributed by atoms with van der Waals surface area (Å²) in [6.07, 6.45) is 2.44. The predicted octanol–water partition coefficient (Wildman–Crippen LogP) is 2.15. The molecule has 98 valence electrons. The number of amides is 1. The van der Waals surface area contributed by atoms with Gasteiger partial charge in [0, 0.05) is 30.4 Å². The molecule has 1 unspecified atom stereocenters. The molecular weight excluding hydrogens is 228 g/mol. The van der Waals surface area contributed by atoms with E-state index in [4.69, 9.17) is 10.5 Å². The summed E-state index contributed by atoms with van der Waals surface area (Å²) >= 11 is 0. The van der Waals surface area contributed by atoms with Crippen molar-refractivity contribution in [3.63, 3.8) is 0 Å². The van der Waals surface area contributed by atoms with E-state index in [1.807, 2.05) is 7.05 Å². The summed E-state index contributed by atoms with van der Waals surface area (Å²) in [4.78, 5) is 14.2. The molecule has 2 N–H and O–H groups in total. The summed E-state index contributed by atoms with van der Waals surface area (Å²) in [5, 5.41) is 0. The summed E-state index contributed by atoms with van der Waals surface area (Å²) in [5.74, 6) is 1.27. The summed E-state index contributed by atoms with van der Waals surface area (Å²) in [6, 6.07) is 5.42. The Morgan fingerprint density at radius 1 is 1.44 bits per heavy atom. The molecule has 0 heterocycles. The Kier molecular flexibility index (Phi) is 3.45. The zero-order valence-corrected chi connectivity index (χ0v) is 11.1. The fraction of sp³-hybridized carbons (Fsp3) is 0.500. The number of benzene rings is 1. The van der Waals surface area contributed by atoms with Gasteiger partial charge in [0.15, 0.2) is 0 Å². The molecule has 4 heteroatoms. The lowest BCUT2D eigenvalue weighted by Crippen LogP contribution is -2.36. The monoisotopic (exact) mass is 248 g/mol. The minimum absolute atomic E-state index is 0.000000000000000222. The van der Waals surface area contributed by atoms with Crippen molar-refractivity contribution in [2.45, 2.75) is 25.8 Å². The number of nitrogens with two attached hydrogens (primary N) is 1. The molecule has 1 fully saturated rings. The number of nitrogens with zero attached hydrogens (tertiary/aromatic N) is 1. The van der Waals surface area contributed by atoms with Crippen molar-refractivity contribution in [3.8, 4) is 5.75 Å². The fourth-order valence-electron chi connectivity index (χ4n) is 2.15. The molecule has 1 amide bonds. The Morgan fingerprint density at radius 2 is 2.11 bits per heavy atom. The number of hydrogen-bond donors (Lipinski definition) is 1. The van der Waals surface area contributed by atoms with Crippen LogP contribution in [0.4, 0.5) is 5.69 Å². The molecule has 1 aromatic rings. The first-order valence-corrected chi connectivity index (χ1v) is 6.24. The minimum atomic E-state index is 0.000000000000000222. The van der Waals surface area contributed by atoms with E-state index in [0.29, 0.717) is 22.9 Å². The van der Waals surface area contributed by atoms with Gasteiger partial charge in [0.2, 0.25) is 0 Å². The van der Waals surface area contributed by atoms with E-state index in [1.54, 1.807) is 30.2 Å². The standard InChI is InChI=1S/C14H20N2O2/c1-9(10-4-5-10)16(2)14(17)11-6-12(15)8-13(7-11)18-3/h6-10H,4-5,15H2,1-3H3. The SMILES string of the molecule is COc1cc(N)cc(C(=O)N(C)C(C)C2CC2)c1. The van der Waals surface area contributed by atoms with Crippen molar-refractivity contribution in [2.75, 3.05) is 19.9 Å². The van der Waals surface area contributed by atoms with Crippen molar-refractivity contribution >= 4 is 11.6 Å². The molecule has 1 aromatic carbocycles. The van der Waals surface area contributed by atoms with Crippen molar-refractivity contribution in [1.82, 2.24) is 4.90 Å². The van der Waals surface area contributed by atoms with Crippen molar-refractivity contribution < 1.29 is 9.53 Å². The van der Waals surface area contributed by atoms with Gasteiger partial charge in [-0.25, -0.2) is 0 Å². The molecule has 2 rings (SSSR count). The van der Waals surface area contributed by atoms with E-state index in [0.717, 1.165) is 0 Å². The molecule has 18 heavy (non-hydrogen) atoms. The first kappa shape index (κ1) is 12.7. The number of hydrogen-bond acceptors (Lipinski definition) is 3. The quantitative estimate of drug-likeness (QED) is 0.831. The highest BCUT2D eigenvalue weighted by Gasteiger charge is 2.32. The third-order valence-corrected chi connectivity index (χ3v) is 3.65. The molecule has 0 aliphatic heterocycles. The number of nitrogen functional groups attached to an aromatic ring is 1. The zero-order valence-electron chi connectivity index (χ0n) is 11.1. The smallest absolute Gasteiger partial charge is 0.254 e. The molecule has 1 aliphatic carbocycles. The van der Waals surface area contributed by atoms with Gasteiger partial charge in [0.05, 0.1) is 7.11 Å². The van der Waals surface area contributed by atoms with Crippen LogP contribution >= 0.6 is 0 Å². The maximum absolute atomic E-state index is 12.4. The van der Waals surface area contributed by atoms with E-state index < -0.39 is 0 Å². The minimum Gasteiger partial charge on any atom is -0.497 e. The number of anilines is 1. The Bertz CT molecular complexity index is 455. The number of carbonyl (C=O) groups is 1. The van der Waals surface area contributed by atoms with Crippen LogP contribution in [0, 0.1) is 5.92 Å². The van der Waals surface area contributed by atoms with Crippen LogP contribution in [0.5, 0.6) is 5.75 Å². The number of methoxy groups -OCH3 is 1. The first-order chi connectivity index (χ1) is 8.52. The van der Waals surface area contributed by atoms with E-state index in [2.05, 4.69) is 6.92 Å². The lowest BCUT2D eigenvalue weighted by Gasteiger charge is -2.25. The highest BCUT2D eigenvalue weighted by Crippen LogP contribution is 2.35. The maximum Gasteiger partial charge on any atom is 0.254 e. The van der Waals surface area contributed by atoms with Crippen LogP contribution in [0.25, 0.3) is 0 Å². The van der Waals surface area contributed by atoms with Gasteiger partial charge in [0.1, 0.15) is 5.75 Å².